The highest BCUT2D eigenvalue weighted by atomic mass is 16.3. The first kappa shape index (κ1) is 9.16. The third-order valence-corrected chi connectivity index (χ3v) is 1.82. The van der Waals surface area contributed by atoms with Gasteiger partial charge in [0.2, 0.25) is 0 Å². The van der Waals surface area contributed by atoms with Crippen LogP contribution in [0.3, 0.4) is 0 Å². The van der Waals surface area contributed by atoms with E-state index in [-0.39, 0.29) is 12.5 Å². The van der Waals surface area contributed by atoms with Gasteiger partial charge in [0.15, 0.2) is 0 Å². The molecule has 0 aliphatic carbocycles. The summed E-state index contributed by atoms with van der Waals surface area (Å²) in [5.74, 6) is 0.139. The summed E-state index contributed by atoms with van der Waals surface area (Å²) in [6.07, 6.45) is 2.51. The first-order valence-electron chi connectivity index (χ1n) is 4.07. The van der Waals surface area contributed by atoms with Gasteiger partial charge in [0.25, 0.3) is 0 Å². The van der Waals surface area contributed by atoms with E-state index in [0.29, 0.717) is 6.54 Å². The van der Waals surface area contributed by atoms with Crippen LogP contribution in [0.4, 0.5) is 0 Å². The van der Waals surface area contributed by atoms with E-state index < -0.39 is 0 Å². The molecule has 1 atom stereocenters. The molecular formula is C9H14N2O. The normalized spacial score (nSPS) is 12.8. The molecule has 1 rings (SSSR count). The van der Waals surface area contributed by atoms with Crippen LogP contribution in [0.15, 0.2) is 24.4 Å². The Morgan fingerprint density at radius 2 is 2.33 bits per heavy atom. The molecular weight excluding hydrogens is 152 g/mol. The summed E-state index contributed by atoms with van der Waals surface area (Å²) in [6, 6.07) is 5.76. The fourth-order valence-electron chi connectivity index (χ4n) is 1.04. The van der Waals surface area contributed by atoms with Gasteiger partial charge in [-0.05, 0) is 31.0 Å². The fraction of sp³-hybridized carbons (Fsp3) is 0.444. The molecule has 12 heavy (non-hydrogen) atoms. The van der Waals surface area contributed by atoms with Crippen LogP contribution in [0.5, 0.6) is 0 Å². The molecule has 0 bridgehead atoms. The second kappa shape index (κ2) is 4.85. The topological polar surface area (TPSA) is 59.1 Å². The molecule has 1 aromatic heterocycles. The van der Waals surface area contributed by atoms with Crippen LogP contribution in [0, 0.1) is 5.92 Å². The number of nitrogens with two attached hydrogens (primary N) is 1. The van der Waals surface area contributed by atoms with Gasteiger partial charge >= 0.3 is 0 Å². The summed E-state index contributed by atoms with van der Waals surface area (Å²) in [6.45, 7) is 0.639. The Morgan fingerprint density at radius 1 is 1.50 bits per heavy atom. The number of rotatable bonds is 4. The number of nitrogens with zero attached hydrogens (tertiary/aromatic N) is 1. The molecule has 0 amide bonds. The lowest BCUT2D eigenvalue weighted by Gasteiger charge is -2.09. The molecule has 66 valence electrons. The number of pyridine rings is 1. The molecule has 0 aromatic carbocycles. The Labute approximate surface area is 72.2 Å². The standard InChI is InChI=1S/C9H14N2O/c10-6-8(7-12)5-9-3-1-2-4-11-9/h1-4,8,12H,5-7,10H2. The van der Waals surface area contributed by atoms with E-state index in [9.17, 15) is 0 Å². The van der Waals surface area contributed by atoms with E-state index in [4.69, 9.17) is 10.8 Å². The van der Waals surface area contributed by atoms with Crippen molar-refractivity contribution >= 4 is 0 Å². The highest BCUT2D eigenvalue weighted by Crippen LogP contribution is 2.03. The van der Waals surface area contributed by atoms with E-state index in [1.165, 1.54) is 0 Å². The average molecular weight is 166 g/mol. The van der Waals surface area contributed by atoms with Gasteiger partial charge in [0, 0.05) is 18.5 Å². The summed E-state index contributed by atoms with van der Waals surface area (Å²) >= 11 is 0. The molecule has 1 heterocycles. The first-order valence-corrected chi connectivity index (χ1v) is 4.07. The Kier molecular flexibility index (Phi) is 3.70. The smallest absolute Gasteiger partial charge is 0.0475 e. The molecule has 0 aliphatic heterocycles. The molecule has 0 saturated carbocycles. The fourth-order valence-corrected chi connectivity index (χ4v) is 1.04. The molecule has 0 aliphatic rings. The highest BCUT2D eigenvalue weighted by molar-refractivity contribution is 5.04. The van der Waals surface area contributed by atoms with E-state index in [0.717, 1.165) is 12.1 Å². The van der Waals surface area contributed by atoms with Crippen molar-refractivity contribution in [2.24, 2.45) is 11.7 Å². The van der Waals surface area contributed by atoms with Crippen molar-refractivity contribution in [3.8, 4) is 0 Å². The zero-order valence-electron chi connectivity index (χ0n) is 6.98. The number of hydrogen-bond acceptors (Lipinski definition) is 3. The Morgan fingerprint density at radius 3 is 2.83 bits per heavy atom. The number of aliphatic hydroxyl groups is 1. The van der Waals surface area contributed by atoms with Crippen molar-refractivity contribution in [3.05, 3.63) is 30.1 Å². The Bertz CT molecular complexity index is 209. The van der Waals surface area contributed by atoms with Crippen molar-refractivity contribution in [1.29, 1.82) is 0 Å². The predicted octanol–water partition coefficient (Wildman–Crippen LogP) is 0.191. The minimum absolute atomic E-state index is 0.132. The van der Waals surface area contributed by atoms with Gasteiger partial charge in [0.05, 0.1) is 0 Å². The minimum Gasteiger partial charge on any atom is -0.396 e. The van der Waals surface area contributed by atoms with Gasteiger partial charge in [0.1, 0.15) is 0 Å². The van der Waals surface area contributed by atoms with Crippen molar-refractivity contribution in [2.45, 2.75) is 6.42 Å². The van der Waals surface area contributed by atoms with Crippen LogP contribution in [0.1, 0.15) is 5.69 Å². The molecule has 0 fully saturated rings. The molecule has 0 spiro atoms. The minimum atomic E-state index is 0.132. The molecule has 0 radical (unpaired) electrons. The molecule has 3 nitrogen and oxygen atoms in total. The molecule has 1 unspecified atom stereocenters. The van der Waals surface area contributed by atoms with Crippen LogP contribution >= 0.6 is 0 Å². The van der Waals surface area contributed by atoms with E-state index >= 15 is 0 Å². The number of aromatic nitrogens is 1. The van der Waals surface area contributed by atoms with Crippen molar-refractivity contribution in [2.75, 3.05) is 13.2 Å². The van der Waals surface area contributed by atoms with Gasteiger partial charge in [-0.1, -0.05) is 6.07 Å². The van der Waals surface area contributed by atoms with Crippen LogP contribution in [0.2, 0.25) is 0 Å². The lowest BCUT2D eigenvalue weighted by atomic mass is 10.0. The summed E-state index contributed by atoms with van der Waals surface area (Å²) in [4.78, 5) is 4.15. The maximum atomic E-state index is 8.88. The maximum absolute atomic E-state index is 8.88. The highest BCUT2D eigenvalue weighted by Gasteiger charge is 2.05. The third kappa shape index (κ3) is 2.60. The lowest BCUT2D eigenvalue weighted by molar-refractivity contribution is 0.229. The van der Waals surface area contributed by atoms with Crippen LogP contribution in [-0.2, 0) is 6.42 Å². The quantitative estimate of drug-likeness (QED) is 0.671. The second-order valence-corrected chi connectivity index (χ2v) is 2.81. The van der Waals surface area contributed by atoms with Gasteiger partial charge in [-0.2, -0.15) is 0 Å². The summed E-state index contributed by atoms with van der Waals surface area (Å²) in [5, 5.41) is 8.88. The van der Waals surface area contributed by atoms with Gasteiger partial charge in [-0.3, -0.25) is 4.98 Å². The largest absolute Gasteiger partial charge is 0.396 e. The molecule has 0 saturated heterocycles. The number of aliphatic hydroxyl groups excluding tert-OH is 1. The van der Waals surface area contributed by atoms with Crippen molar-refractivity contribution < 1.29 is 5.11 Å². The van der Waals surface area contributed by atoms with Gasteiger partial charge in [-0.15, -0.1) is 0 Å². The van der Waals surface area contributed by atoms with Gasteiger partial charge in [-0.25, -0.2) is 0 Å². The molecule has 3 heteroatoms. The van der Waals surface area contributed by atoms with Crippen LogP contribution < -0.4 is 5.73 Å². The third-order valence-electron chi connectivity index (χ3n) is 1.82. The first-order chi connectivity index (χ1) is 5.86. The lowest BCUT2D eigenvalue weighted by Crippen LogP contribution is -2.20. The Balaban J connectivity index is 2.51. The second-order valence-electron chi connectivity index (χ2n) is 2.81. The molecule has 1 aromatic rings. The summed E-state index contributed by atoms with van der Waals surface area (Å²) in [5.41, 5.74) is 6.43. The van der Waals surface area contributed by atoms with Crippen LogP contribution in [-0.4, -0.2) is 23.2 Å². The Hall–Kier alpha value is -0.930. The SMILES string of the molecule is NCC(CO)Cc1ccccn1. The van der Waals surface area contributed by atoms with E-state index in [1.54, 1.807) is 6.20 Å². The zero-order valence-corrected chi connectivity index (χ0v) is 6.98. The number of hydrogen-bond donors (Lipinski definition) is 2. The monoisotopic (exact) mass is 166 g/mol. The molecule has 3 N–H and O–H groups in total. The summed E-state index contributed by atoms with van der Waals surface area (Å²) in [7, 11) is 0. The van der Waals surface area contributed by atoms with E-state index in [1.807, 2.05) is 18.2 Å². The summed E-state index contributed by atoms with van der Waals surface area (Å²) < 4.78 is 0. The average Bonchev–Trinajstić information content (AvgIpc) is 2.16. The maximum Gasteiger partial charge on any atom is 0.0475 e. The van der Waals surface area contributed by atoms with Crippen LogP contribution in [0.25, 0.3) is 0 Å². The van der Waals surface area contributed by atoms with Crippen molar-refractivity contribution in [1.82, 2.24) is 4.98 Å². The van der Waals surface area contributed by atoms with Gasteiger partial charge < -0.3 is 10.8 Å². The predicted molar refractivity (Wildman–Crippen MR) is 47.6 cm³/mol. The zero-order chi connectivity index (χ0) is 8.81. The van der Waals surface area contributed by atoms with Crippen molar-refractivity contribution in [3.63, 3.8) is 0 Å². The van der Waals surface area contributed by atoms with E-state index in [2.05, 4.69) is 4.98 Å².